The SMILES string of the molecule is OC(c1ccccc1)N1CCCC2(c3ccccc3)CCCC2C1. The highest BCUT2D eigenvalue weighted by atomic mass is 16.3. The van der Waals surface area contributed by atoms with E-state index >= 15 is 0 Å². The zero-order valence-corrected chi connectivity index (χ0v) is 14.3. The second kappa shape index (κ2) is 6.70. The molecule has 24 heavy (non-hydrogen) atoms. The predicted octanol–water partition coefficient (Wildman–Crippen LogP) is 4.51. The number of rotatable bonds is 3. The number of hydrogen-bond donors (Lipinski definition) is 1. The standard InChI is InChI=1S/C22H27NO/c24-21(18-9-3-1-4-10-18)23-16-8-15-22(14-7-13-20(22)17-23)19-11-5-2-6-12-19/h1-6,9-12,20-21,24H,7-8,13-17H2. The molecule has 126 valence electrons. The normalized spacial score (nSPS) is 29.0. The Morgan fingerprint density at radius 1 is 0.917 bits per heavy atom. The molecule has 3 atom stereocenters. The van der Waals surface area contributed by atoms with E-state index in [-0.39, 0.29) is 0 Å². The lowest BCUT2D eigenvalue weighted by molar-refractivity contribution is -0.00566. The fraction of sp³-hybridized carbons (Fsp3) is 0.455. The first-order valence-corrected chi connectivity index (χ1v) is 9.32. The predicted molar refractivity (Wildman–Crippen MR) is 97.7 cm³/mol. The van der Waals surface area contributed by atoms with Crippen LogP contribution in [-0.4, -0.2) is 23.1 Å². The lowest BCUT2D eigenvalue weighted by Gasteiger charge is -2.36. The van der Waals surface area contributed by atoms with E-state index in [0.29, 0.717) is 11.3 Å². The van der Waals surface area contributed by atoms with Crippen molar-refractivity contribution in [2.45, 2.75) is 43.7 Å². The smallest absolute Gasteiger partial charge is 0.133 e. The van der Waals surface area contributed by atoms with E-state index in [1.54, 1.807) is 0 Å². The van der Waals surface area contributed by atoms with Crippen LogP contribution in [0.1, 0.15) is 49.5 Å². The Labute approximate surface area is 145 Å². The van der Waals surface area contributed by atoms with Crippen molar-refractivity contribution in [2.75, 3.05) is 13.1 Å². The zero-order valence-electron chi connectivity index (χ0n) is 14.3. The quantitative estimate of drug-likeness (QED) is 0.899. The largest absolute Gasteiger partial charge is 0.374 e. The van der Waals surface area contributed by atoms with Gasteiger partial charge in [0.15, 0.2) is 0 Å². The van der Waals surface area contributed by atoms with Crippen molar-refractivity contribution in [2.24, 2.45) is 5.92 Å². The molecule has 1 saturated heterocycles. The van der Waals surface area contributed by atoms with Gasteiger partial charge in [-0.2, -0.15) is 0 Å². The minimum atomic E-state index is -0.474. The molecule has 1 N–H and O–H groups in total. The minimum Gasteiger partial charge on any atom is -0.374 e. The van der Waals surface area contributed by atoms with Gasteiger partial charge < -0.3 is 5.11 Å². The second-order valence-electron chi connectivity index (χ2n) is 7.49. The van der Waals surface area contributed by atoms with Crippen LogP contribution < -0.4 is 0 Å². The number of likely N-dealkylation sites (tertiary alicyclic amines) is 1. The highest BCUT2D eigenvalue weighted by molar-refractivity contribution is 5.29. The van der Waals surface area contributed by atoms with E-state index < -0.39 is 6.23 Å². The van der Waals surface area contributed by atoms with Crippen LogP contribution >= 0.6 is 0 Å². The van der Waals surface area contributed by atoms with Gasteiger partial charge in [-0.25, -0.2) is 0 Å². The first kappa shape index (κ1) is 15.9. The van der Waals surface area contributed by atoms with Gasteiger partial charge in [-0.3, -0.25) is 4.90 Å². The fourth-order valence-corrected chi connectivity index (χ4v) is 5.06. The van der Waals surface area contributed by atoms with Crippen LogP contribution in [0.2, 0.25) is 0 Å². The van der Waals surface area contributed by atoms with Crippen molar-refractivity contribution in [3.05, 3.63) is 71.8 Å². The average molecular weight is 321 g/mol. The zero-order chi connectivity index (χ0) is 16.4. The van der Waals surface area contributed by atoms with Crippen LogP contribution in [0.25, 0.3) is 0 Å². The van der Waals surface area contributed by atoms with Crippen molar-refractivity contribution in [1.82, 2.24) is 4.90 Å². The van der Waals surface area contributed by atoms with Crippen molar-refractivity contribution in [1.29, 1.82) is 0 Å². The first-order valence-electron chi connectivity index (χ1n) is 9.32. The van der Waals surface area contributed by atoms with Gasteiger partial charge in [-0.1, -0.05) is 67.1 Å². The summed E-state index contributed by atoms with van der Waals surface area (Å²) in [4.78, 5) is 2.30. The van der Waals surface area contributed by atoms with Crippen LogP contribution in [0, 0.1) is 5.92 Å². The molecule has 2 heteroatoms. The molecule has 3 unspecified atom stereocenters. The number of nitrogens with zero attached hydrogens (tertiary/aromatic N) is 1. The number of hydrogen-bond acceptors (Lipinski definition) is 2. The van der Waals surface area contributed by atoms with Crippen molar-refractivity contribution >= 4 is 0 Å². The molecule has 2 nitrogen and oxygen atoms in total. The maximum absolute atomic E-state index is 10.9. The highest BCUT2D eigenvalue weighted by Gasteiger charge is 2.46. The first-order chi connectivity index (χ1) is 11.8. The summed E-state index contributed by atoms with van der Waals surface area (Å²) < 4.78 is 0. The van der Waals surface area contributed by atoms with Gasteiger partial charge in [0.2, 0.25) is 0 Å². The monoisotopic (exact) mass is 321 g/mol. The number of aliphatic hydroxyl groups is 1. The summed E-state index contributed by atoms with van der Waals surface area (Å²) in [6.45, 7) is 1.99. The van der Waals surface area contributed by atoms with Gasteiger partial charge in [-0.15, -0.1) is 0 Å². The lowest BCUT2D eigenvalue weighted by Crippen LogP contribution is -2.37. The molecule has 0 radical (unpaired) electrons. The molecular weight excluding hydrogens is 294 g/mol. The van der Waals surface area contributed by atoms with E-state index in [0.717, 1.165) is 25.1 Å². The van der Waals surface area contributed by atoms with Gasteiger partial charge in [-0.05, 0) is 48.1 Å². The molecule has 4 rings (SSSR count). The Bertz CT molecular complexity index is 656. The van der Waals surface area contributed by atoms with E-state index in [4.69, 9.17) is 0 Å². The molecule has 0 bridgehead atoms. The van der Waals surface area contributed by atoms with E-state index in [2.05, 4.69) is 35.2 Å². The van der Waals surface area contributed by atoms with Gasteiger partial charge in [0.1, 0.15) is 6.23 Å². The molecule has 0 amide bonds. The summed E-state index contributed by atoms with van der Waals surface area (Å²) in [6, 6.07) is 21.2. The van der Waals surface area contributed by atoms with Gasteiger partial charge >= 0.3 is 0 Å². The third kappa shape index (κ3) is 2.78. The van der Waals surface area contributed by atoms with E-state index in [9.17, 15) is 5.11 Å². The number of benzene rings is 2. The maximum atomic E-state index is 10.9. The second-order valence-corrected chi connectivity index (χ2v) is 7.49. The van der Waals surface area contributed by atoms with Crippen LogP contribution in [0.5, 0.6) is 0 Å². The van der Waals surface area contributed by atoms with E-state index in [1.807, 2.05) is 30.3 Å². The summed E-state index contributed by atoms with van der Waals surface area (Å²) in [5, 5.41) is 10.9. The van der Waals surface area contributed by atoms with Crippen LogP contribution in [0.15, 0.2) is 60.7 Å². The molecule has 0 aromatic heterocycles. The molecular formula is C22H27NO. The topological polar surface area (TPSA) is 23.5 Å². The lowest BCUT2D eigenvalue weighted by atomic mass is 9.70. The Balaban J connectivity index is 1.60. The third-order valence-corrected chi connectivity index (χ3v) is 6.27. The fourth-order valence-electron chi connectivity index (χ4n) is 5.06. The van der Waals surface area contributed by atoms with Crippen molar-refractivity contribution in [3.63, 3.8) is 0 Å². The number of aliphatic hydroxyl groups excluding tert-OH is 1. The molecule has 1 saturated carbocycles. The molecule has 2 aromatic rings. The van der Waals surface area contributed by atoms with Gasteiger partial charge in [0.25, 0.3) is 0 Å². The molecule has 0 spiro atoms. The van der Waals surface area contributed by atoms with Crippen LogP contribution in [0.4, 0.5) is 0 Å². The Morgan fingerprint density at radius 2 is 1.58 bits per heavy atom. The summed E-state index contributed by atoms with van der Waals surface area (Å²) in [5.74, 6) is 0.653. The Morgan fingerprint density at radius 3 is 2.33 bits per heavy atom. The van der Waals surface area contributed by atoms with Gasteiger partial charge in [0.05, 0.1) is 0 Å². The summed E-state index contributed by atoms with van der Waals surface area (Å²) in [7, 11) is 0. The molecule has 1 heterocycles. The maximum Gasteiger partial charge on any atom is 0.133 e. The van der Waals surface area contributed by atoms with E-state index in [1.165, 1.54) is 31.2 Å². The van der Waals surface area contributed by atoms with Crippen LogP contribution in [0.3, 0.4) is 0 Å². The highest BCUT2D eigenvalue weighted by Crippen LogP contribution is 2.51. The molecule has 2 aliphatic rings. The van der Waals surface area contributed by atoms with Gasteiger partial charge in [0, 0.05) is 13.1 Å². The average Bonchev–Trinajstić information content (AvgIpc) is 2.96. The Kier molecular flexibility index (Phi) is 4.43. The van der Waals surface area contributed by atoms with Crippen molar-refractivity contribution in [3.8, 4) is 0 Å². The molecule has 2 fully saturated rings. The minimum absolute atomic E-state index is 0.326. The Hall–Kier alpha value is -1.64. The third-order valence-electron chi connectivity index (χ3n) is 6.27. The summed E-state index contributed by atoms with van der Waals surface area (Å²) in [6.07, 6.45) is 5.84. The molecule has 2 aromatic carbocycles. The number of fused-ring (bicyclic) bond motifs is 1. The van der Waals surface area contributed by atoms with Crippen LogP contribution in [-0.2, 0) is 5.41 Å². The summed E-state index contributed by atoms with van der Waals surface area (Å²) in [5.41, 5.74) is 2.86. The summed E-state index contributed by atoms with van der Waals surface area (Å²) >= 11 is 0. The van der Waals surface area contributed by atoms with Crippen molar-refractivity contribution < 1.29 is 5.11 Å². The molecule has 1 aliphatic carbocycles. The molecule has 1 aliphatic heterocycles.